The highest BCUT2D eigenvalue weighted by molar-refractivity contribution is 5.64. The molecule has 0 aliphatic rings. The fourth-order valence-corrected chi connectivity index (χ4v) is 2.78. The van der Waals surface area contributed by atoms with Crippen LogP contribution in [0.15, 0.2) is 48.8 Å². The summed E-state index contributed by atoms with van der Waals surface area (Å²) in [6.07, 6.45) is 3.82. The van der Waals surface area contributed by atoms with Gasteiger partial charge in [0.1, 0.15) is 0 Å². The quantitative estimate of drug-likeness (QED) is 0.372. The van der Waals surface area contributed by atoms with Gasteiger partial charge in [-0.15, -0.1) is 0 Å². The van der Waals surface area contributed by atoms with E-state index in [0.29, 0.717) is 13.1 Å². The molecule has 1 N–H and O–H groups in total. The van der Waals surface area contributed by atoms with Gasteiger partial charge in [0, 0.05) is 38.4 Å². The highest BCUT2D eigenvalue weighted by Crippen LogP contribution is 2.32. The van der Waals surface area contributed by atoms with Gasteiger partial charge in [-0.1, -0.05) is 66.8 Å². The number of alkyl halides is 2. The monoisotopic (exact) mass is 437 g/mol. The number of nitrogens with zero attached hydrogens (tertiary/aromatic N) is 2. The Morgan fingerprint density at radius 1 is 1.06 bits per heavy atom. The van der Waals surface area contributed by atoms with E-state index in [0.717, 1.165) is 42.5 Å². The minimum Gasteiger partial charge on any atom is -0.389 e. The van der Waals surface area contributed by atoms with Crippen molar-refractivity contribution in [2.24, 2.45) is 0 Å². The van der Waals surface area contributed by atoms with Crippen molar-refractivity contribution in [3.63, 3.8) is 0 Å². The van der Waals surface area contributed by atoms with Crippen LogP contribution in [0.3, 0.4) is 0 Å². The predicted octanol–water partition coefficient (Wildman–Crippen LogP) is 7.11. The topological polar surface area (TPSA) is 18.5 Å². The van der Waals surface area contributed by atoms with Gasteiger partial charge >= 0.3 is 0 Å². The number of aryl methyl sites for hydroxylation is 1. The fraction of sp³-hybridized carbons (Fsp3) is 0.538. The number of anilines is 1. The standard InChI is InChI=1S/C22H33F2N3.2C2H6/c1-8-26(9-2)14-15-27(19(5)22(6,23)24)21-13-12-20(16-17(21)3)11-10-18(4)25-7;2*1-2/h10-13,16,25H,4-5,8-9,14-15H2,1-3,6-7H3;2*1-2H3/b11-10+;;. The van der Waals surface area contributed by atoms with Gasteiger partial charge in [-0.3, -0.25) is 0 Å². The Hall–Kier alpha value is -2.14. The first-order valence-corrected chi connectivity index (χ1v) is 11.4. The van der Waals surface area contributed by atoms with E-state index < -0.39 is 5.92 Å². The SMILES string of the molecule is C=C(/C=C/c1ccc(N(CCN(CC)CC)C(=C)C(C)(F)F)c(C)c1)NC.CC.CC. The van der Waals surface area contributed by atoms with E-state index in [1.165, 1.54) is 0 Å². The van der Waals surface area contributed by atoms with Crippen LogP contribution < -0.4 is 10.2 Å². The zero-order valence-electron chi connectivity index (χ0n) is 21.3. The number of nitrogens with one attached hydrogen (secondary N) is 1. The summed E-state index contributed by atoms with van der Waals surface area (Å²) in [5, 5.41) is 2.96. The van der Waals surface area contributed by atoms with Gasteiger partial charge in [0.2, 0.25) is 0 Å². The number of allylic oxidation sites excluding steroid dienone is 2. The third kappa shape index (κ3) is 11.2. The van der Waals surface area contributed by atoms with E-state index in [2.05, 4.69) is 37.2 Å². The number of likely N-dealkylation sites (N-methyl/N-ethyl adjacent to an activating group) is 2. The lowest BCUT2D eigenvalue weighted by molar-refractivity contribution is 0.0605. The predicted molar refractivity (Wildman–Crippen MR) is 136 cm³/mol. The molecule has 5 heteroatoms. The lowest BCUT2D eigenvalue weighted by atomic mass is 10.1. The molecule has 1 aromatic rings. The average molecular weight is 438 g/mol. The molecule has 0 fully saturated rings. The normalized spacial score (nSPS) is 10.7. The van der Waals surface area contributed by atoms with Gasteiger partial charge in [0.05, 0.1) is 5.70 Å². The summed E-state index contributed by atoms with van der Waals surface area (Å²) in [6, 6.07) is 5.80. The molecule has 0 spiro atoms. The van der Waals surface area contributed by atoms with Crippen LogP contribution in [-0.2, 0) is 0 Å². The van der Waals surface area contributed by atoms with E-state index >= 15 is 0 Å². The van der Waals surface area contributed by atoms with E-state index in [1.807, 2.05) is 72.0 Å². The van der Waals surface area contributed by atoms with Crippen LogP contribution in [0.25, 0.3) is 6.08 Å². The van der Waals surface area contributed by atoms with Gasteiger partial charge in [-0.05, 0) is 49.3 Å². The lowest BCUT2D eigenvalue weighted by Crippen LogP contribution is -2.38. The Morgan fingerprint density at radius 2 is 1.61 bits per heavy atom. The van der Waals surface area contributed by atoms with Crippen LogP contribution >= 0.6 is 0 Å². The van der Waals surface area contributed by atoms with Gasteiger partial charge in [0.15, 0.2) is 0 Å². The van der Waals surface area contributed by atoms with E-state index in [-0.39, 0.29) is 5.70 Å². The Bertz CT molecular complexity index is 672. The van der Waals surface area contributed by atoms with Crippen molar-refractivity contribution in [2.75, 3.05) is 38.1 Å². The maximum atomic E-state index is 14.0. The minimum absolute atomic E-state index is 0.176. The van der Waals surface area contributed by atoms with Gasteiger partial charge in [-0.2, -0.15) is 0 Å². The highest BCUT2D eigenvalue weighted by atomic mass is 19.3. The van der Waals surface area contributed by atoms with Crippen molar-refractivity contribution in [1.29, 1.82) is 0 Å². The molecule has 0 bridgehead atoms. The smallest absolute Gasteiger partial charge is 0.284 e. The average Bonchev–Trinajstić information content (AvgIpc) is 2.77. The summed E-state index contributed by atoms with van der Waals surface area (Å²) in [5.41, 5.74) is 3.31. The molecule has 1 aromatic carbocycles. The summed E-state index contributed by atoms with van der Waals surface area (Å²) in [5.74, 6) is -2.97. The van der Waals surface area contributed by atoms with E-state index in [4.69, 9.17) is 0 Å². The van der Waals surface area contributed by atoms with Crippen LogP contribution in [0, 0.1) is 6.92 Å². The first-order chi connectivity index (χ1) is 14.6. The van der Waals surface area contributed by atoms with Crippen LogP contribution in [0.2, 0.25) is 0 Å². The highest BCUT2D eigenvalue weighted by Gasteiger charge is 2.31. The maximum absolute atomic E-state index is 14.0. The second-order valence-corrected chi connectivity index (χ2v) is 6.67. The molecule has 0 aliphatic heterocycles. The first-order valence-electron chi connectivity index (χ1n) is 11.4. The molecule has 0 aliphatic carbocycles. The van der Waals surface area contributed by atoms with Crippen LogP contribution in [0.1, 0.15) is 59.6 Å². The molecule has 0 saturated carbocycles. The Kier molecular flexibility index (Phi) is 16.6. The van der Waals surface area contributed by atoms with E-state index in [1.54, 1.807) is 4.90 Å². The van der Waals surface area contributed by atoms with Crippen molar-refractivity contribution in [1.82, 2.24) is 10.2 Å². The lowest BCUT2D eigenvalue weighted by Gasteiger charge is -2.33. The molecule has 0 heterocycles. The summed E-state index contributed by atoms with van der Waals surface area (Å²) < 4.78 is 28.0. The molecule has 0 atom stereocenters. The van der Waals surface area contributed by atoms with Crippen molar-refractivity contribution in [2.45, 2.75) is 61.3 Å². The second kappa shape index (κ2) is 16.5. The number of hydrogen-bond acceptors (Lipinski definition) is 3. The molecule has 0 aromatic heterocycles. The maximum Gasteiger partial charge on any atom is 0.284 e. The van der Waals surface area contributed by atoms with Crippen molar-refractivity contribution < 1.29 is 8.78 Å². The third-order valence-electron chi connectivity index (χ3n) is 4.68. The van der Waals surface area contributed by atoms with Crippen molar-refractivity contribution in [3.05, 3.63) is 60.0 Å². The zero-order chi connectivity index (χ0) is 24.6. The minimum atomic E-state index is -2.97. The molecule has 178 valence electrons. The Labute approximate surface area is 190 Å². The molecule has 0 amide bonds. The molecule has 1 rings (SSSR count). The molecule has 3 nitrogen and oxygen atoms in total. The third-order valence-corrected chi connectivity index (χ3v) is 4.68. The molecular weight excluding hydrogens is 392 g/mol. The molecule has 0 radical (unpaired) electrons. The first kappa shape index (κ1) is 31.0. The molecule has 0 saturated heterocycles. The van der Waals surface area contributed by atoms with Gasteiger partial charge in [-0.25, -0.2) is 8.78 Å². The van der Waals surface area contributed by atoms with Crippen LogP contribution in [-0.4, -0.2) is 44.0 Å². The second-order valence-electron chi connectivity index (χ2n) is 6.67. The summed E-state index contributed by atoms with van der Waals surface area (Å²) in [7, 11) is 1.81. The van der Waals surface area contributed by atoms with Gasteiger partial charge < -0.3 is 15.1 Å². The number of benzene rings is 1. The van der Waals surface area contributed by atoms with E-state index in [9.17, 15) is 8.78 Å². The Balaban J connectivity index is 0. The fourth-order valence-electron chi connectivity index (χ4n) is 2.78. The summed E-state index contributed by atoms with van der Waals surface area (Å²) in [6.45, 7) is 25.5. The number of halogens is 2. The van der Waals surface area contributed by atoms with Crippen LogP contribution in [0.4, 0.5) is 14.5 Å². The molecule has 31 heavy (non-hydrogen) atoms. The zero-order valence-corrected chi connectivity index (χ0v) is 21.3. The summed E-state index contributed by atoms with van der Waals surface area (Å²) >= 11 is 0. The largest absolute Gasteiger partial charge is 0.389 e. The van der Waals surface area contributed by atoms with Crippen molar-refractivity contribution >= 4 is 11.8 Å². The molecular formula is C26H45F2N3. The Morgan fingerprint density at radius 3 is 2.03 bits per heavy atom. The number of rotatable bonds is 11. The number of hydrogen-bond donors (Lipinski definition) is 1. The van der Waals surface area contributed by atoms with Crippen molar-refractivity contribution in [3.8, 4) is 0 Å². The molecule has 0 unspecified atom stereocenters. The van der Waals surface area contributed by atoms with Crippen LogP contribution in [0.5, 0.6) is 0 Å². The van der Waals surface area contributed by atoms with Gasteiger partial charge in [0.25, 0.3) is 5.92 Å². The summed E-state index contributed by atoms with van der Waals surface area (Å²) in [4.78, 5) is 3.86.